The van der Waals surface area contributed by atoms with Crippen molar-refractivity contribution in [1.82, 2.24) is 19.5 Å². The maximum atomic E-state index is 10.5. The van der Waals surface area contributed by atoms with E-state index < -0.39 is 24.5 Å². The molecule has 0 unspecified atom stereocenters. The van der Waals surface area contributed by atoms with Crippen LogP contribution in [0.3, 0.4) is 0 Å². The molecule has 9 nitrogen and oxygen atoms in total. The van der Waals surface area contributed by atoms with Gasteiger partial charge in [0.1, 0.15) is 30.2 Å². The average Bonchev–Trinajstić information content (AvgIpc) is 3.24. The van der Waals surface area contributed by atoms with Crippen molar-refractivity contribution in [3.63, 3.8) is 0 Å². The quantitative estimate of drug-likeness (QED) is 0.642. The molecular weight excluding hydrogens is 362 g/mol. The van der Waals surface area contributed by atoms with Gasteiger partial charge in [-0.05, 0) is 12.8 Å². The zero-order valence-electron chi connectivity index (χ0n) is 15.6. The van der Waals surface area contributed by atoms with Crippen LogP contribution in [-0.4, -0.2) is 60.3 Å². The minimum absolute atomic E-state index is 0.153. The first-order valence-electron chi connectivity index (χ1n) is 9.57. The van der Waals surface area contributed by atoms with Crippen molar-refractivity contribution in [2.75, 3.05) is 12.3 Å². The van der Waals surface area contributed by atoms with Gasteiger partial charge < -0.3 is 25.4 Å². The van der Waals surface area contributed by atoms with Gasteiger partial charge in [0.15, 0.2) is 17.7 Å². The monoisotopic (exact) mass is 387 g/mol. The Hall–Kier alpha value is -2.25. The molecule has 0 amide bonds. The van der Waals surface area contributed by atoms with Gasteiger partial charge in [0, 0.05) is 6.42 Å². The summed E-state index contributed by atoms with van der Waals surface area (Å²) in [6.45, 7) is 0.153. The largest absolute Gasteiger partial charge is 0.387 e. The third-order valence-electron chi connectivity index (χ3n) is 5.74. The van der Waals surface area contributed by atoms with Gasteiger partial charge in [-0.15, -0.1) is 12.3 Å². The molecular formula is C19H25N5O4. The Morgan fingerprint density at radius 3 is 2.79 bits per heavy atom. The lowest BCUT2D eigenvalue weighted by Gasteiger charge is -2.37. The van der Waals surface area contributed by atoms with Crippen LogP contribution < -0.4 is 5.73 Å². The second kappa shape index (κ2) is 7.64. The summed E-state index contributed by atoms with van der Waals surface area (Å²) in [6.07, 6.45) is 10.2. The molecule has 1 aliphatic heterocycles. The fourth-order valence-corrected chi connectivity index (χ4v) is 4.17. The Morgan fingerprint density at radius 1 is 1.25 bits per heavy atom. The van der Waals surface area contributed by atoms with Crippen LogP contribution in [0.2, 0.25) is 0 Å². The predicted octanol–water partition coefficient (Wildman–Crippen LogP) is 0.770. The summed E-state index contributed by atoms with van der Waals surface area (Å²) in [5.74, 6) is 2.96. The summed E-state index contributed by atoms with van der Waals surface area (Å²) in [6, 6.07) is 0. The Labute approximate surface area is 162 Å². The maximum Gasteiger partial charge on any atom is 0.167 e. The number of nitrogens with two attached hydrogens (primary N) is 1. The molecule has 4 rings (SSSR count). The van der Waals surface area contributed by atoms with Crippen molar-refractivity contribution in [2.45, 2.75) is 68.7 Å². The van der Waals surface area contributed by atoms with E-state index in [4.69, 9.17) is 21.6 Å². The molecule has 1 aliphatic carbocycles. The SMILES string of the molecule is C#CCC1(OC[C@H]2O[C@@H](n3cnc4c(N)ncnc43)[C@H](O)[C@@H]2O)CCCCC1. The highest BCUT2D eigenvalue weighted by molar-refractivity contribution is 5.81. The number of ether oxygens (including phenoxy) is 2. The van der Waals surface area contributed by atoms with E-state index >= 15 is 0 Å². The number of fused-ring (bicyclic) bond motifs is 1. The molecule has 2 aromatic heterocycles. The number of imidazole rings is 1. The van der Waals surface area contributed by atoms with Gasteiger partial charge in [0.25, 0.3) is 0 Å². The highest BCUT2D eigenvalue weighted by atomic mass is 16.6. The van der Waals surface area contributed by atoms with E-state index in [1.165, 1.54) is 19.1 Å². The van der Waals surface area contributed by atoms with Crippen molar-refractivity contribution < 1.29 is 19.7 Å². The van der Waals surface area contributed by atoms with Crippen molar-refractivity contribution in [2.24, 2.45) is 0 Å². The van der Waals surface area contributed by atoms with Crippen LogP contribution in [0, 0.1) is 12.3 Å². The van der Waals surface area contributed by atoms with Crippen molar-refractivity contribution in [3.05, 3.63) is 12.7 Å². The Bertz CT molecular complexity index is 873. The number of aliphatic hydroxyl groups is 2. The molecule has 4 N–H and O–H groups in total. The number of hydrogen-bond acceptors (Lipinski definition) is 8. The normalized spacial score (nSPS) is 29.8. The van der Waals surface area contributed by atoms with Crippen LogP contribution in [0.25, 0.3) is 11.2 Å². The van der Waals surface area contributed by atoms with E-state index in [0.29, 0.717) is 17.6 Å². The van der Waals surface area contributed by atoms with E-state index in [1.807, 2.05) is 0 Å². The lowest BCUT2D eigenvalue weighted by Crippen LogP contribution is -2.40. The van der Waals surface area contributed by atoms with E-state index in [-0.39, 0.29) is 18.0 Å². The molecule has 150 valence electrons. The molecule has 0 aromatic carbocycles. The zero-order chi connectivity index (χ0) is 19.7. The number of nitrogen functional groups attached to an aromatic ring is 1. The Kier molecular flexibility index (Phi) is 5.21. The van der Waals surface area contributed by atoms with E-state index in [9.17, 15) is 10.2 Å². The third kappa shape index (κ3) is 3.33. The number of hydrogen-bond donors (Lipinski definition) is 3. The lowest BCUT2D eigenvalue weighted by molar-refractivity contribution is -0.126. The molecule has 4 atom stereocenters. The van der Waals surface area contributed by atoms with Crippen LogP contribution in [0.4, 0.5) is 5.82 Å². The molecule has 0 spiro atoms. The van der Waals surface area contributed by atoms with Crippen LogP contribution in [0.15, 0.2) is 12.7 Å². The van der Waals surface area contributed by atoms with Crippen molar-refractivity contribution >= 4 is 17.0 Å². The lowest BCUT2D eigenvalue weighted by atomic mass is 9.82. The summed E-state index contributed by atoms with van der Waals surface area (Å²) in [7, 11) is 0. The molecule has 0 bridgehead atoms. The first-order valence-corrected chi connectivity index (χ1v) is 9.57. The fourth-order valence-electron chi connectivity index (χ4n) is 4.17. The number of terminal acetylenes is 1. The van der Waals surface area contributed by atoms with Gasteiger partial charge >= 0.3 is 0 Å². The highest BCUT2D eigenvalue weighted by Crippen LogP contribution is 2.37. The molecule has 28 heavy (non-hydrogen) atoms. The number of aromatic nitrogens is 4. The second-order valence-corrected chi connectivity index (χ2v) is 7.56. The van der Waals surface area contributed by atoms with Crippen molar-refractivity contribution in [1.29, 1.82) is 0 Å². The summed E-state index contributed by atoms with van der Waals surface area (Å²) in [4.78, 5) is 12.3. The van der Waals surface area contributed by atoms with Crippen LogP contribution >= 0.6 is 0 Å². The average molecular weight is 387 g/mol. The summed E-state index contributed by atoms with van der Waals surface area (Å²) in [5.41, 5.74) is 6.29. The van der Waals surface area contributed by atoms with Gasteiger partial charge in [0.2, 0.25) is 0 Å². The minimum Gasteiger partial charge on any atom is -0.387 e. The molecule has 1 saturated heterocycles. The molecule has 2 fully saturated rings. The van der Waals surface area contributed by atoms with Crippen LogP contribution in [0.1, 0.15) is 44.8 Å². The molecule has 0 radical (unpaired) electrons. The number of aliphatic hydroxyl groups excluding tert-OH is 2. The summed E-state index contributed by atoms with van der Waals surface area (Å²) < 4.78 is 13.7. The van der Waals surface area contributed by atoms with Gasteiger partial charge in [-0.25, -0.2) is 15.0 Å². The third-order valence-corrected chi connectivity index (χ3v) is 5.74. The number of rotatable bonds is 5. The zero-order valence-corrected chi connectivity index (χ0v) is 15.6. The first-order chi connectivity index (χ1) is 13.5. The predicted molar refractivity (Wildman–Crippen MR) is 101 cm³/mol. The van der Waals surface area contributed by atoms with Crippen LogP contribution in [-0.2, 0) is 9.47 Å². The maximum absolute atomic E-state index is 10.5. The molecule has 1 saturated carbocycles. The first kappa shape index (κ1) is 19.1. The van der Waals surface area contributed by atoms with E-state index in [2.05, 4.69) is 20.9 Å². The fraction of sp³-hybridized carbons (Fsp3) is 0.632. The van der Waals surface area contributed by atoms with E-state index in [1.54, 1.807) is 4.57 Å². The topological polar surface area (TPSA) is 129 Å². The van der Waals surface area contributed by atoms with Crippen LogP contribution in [0.5, 0.6) is 0 Å². The van der Waals surface area contributed by atoms with Gasteiger partial charge in [-0.2, -0.15) is 0 Å². The summed E-state index contributed by atoms with van der Waals surface area (Å²) >= 11 is 0. The molecule has 2 aromatic rings. The van der Waals surface area contributed by atoms with E-state index in [0.717, 1.165) is 25.7 Å². The Balaban J connectivity index is 1.50. The van der Waals surface area contributed by atoms with Crippen molar-refractivity contribution in [3.8, 4) is 12.3 Å². The minimum atomic E-state index is -1.16. The Morgan fingerprint density at radius 2 is 2.04 bits per heavy atom. The van der Waals surface area contributed by atoms with Gasteiger partial charge in [-0.1, -0.05) is 19.3 Å². The summed E-state index contributed by atoms with van der Waals surface area (Å²) in [5, 5.41) is 21.1. The van der Waals surface area contributed by atoms with Gasteiger partial charge in [-0.3, -0.25) is 4.57 Å². The molecule has 3 heterocycles. The molecule has 9 heteroatoms. The van der Waals surface area contributed by atoms with Gasteiger partial charge in [0.05, 0.1) is 18.5 Å². The second-order valence-electron chi connectivity index (χ2n) is 7.56. The highest BCUT2D eigenvalue weighted by Gasteiger charge is 2.45. The molecule has 2 aliphatic rings. The standard InChI is InChI=1S/C19H25N5O4/c1-2-6-19(7-4-3-5-8-19)27-9-12-14(25)15(26)18(28-12)24-11-23-13-16(20)21-10-22-17(13)24/h1,10-12,14-15,18,25-26H,3-9H2,(H2,20,21,22)/t12-,14-,15-,18-/m1/s1. The number of nitrogens with zero attached hydrogens (tertiary/aromatic N) is 4. The number of anilines is 1. The smallest absolute Gasteiger partial charge is 0.167 e.